The summed E-state index contributed by atoms with van der Waals surface area (Å²) in [5.41, 5.74) is 0. The van der Waals surface area contributed by atoms with Gasteiger partial charge in [-0.25, -0.2) is 9.13 Å². The van der Waals surface area contributed by atoms with Crippen molar-refractivity contribution in [3.05, 3.63) is 36.5 Å². The van der Waals surface area contributed by atoms with Gasteiger partial charge in [0.1, 0.15) is 12.7 Å². The first-order valence-corrected chi connectivity index (χ1v) is 23.2. The second kappa shape index (κ2) is 31.3. The van der Waals surface area contributed by atoms with Gasteiger partial charge in [0.15, 0.2) is 6.10 Å². The Labute approximate surface area is 329 Å². The molecule has 1 saturated heterocycles. The summed E-state index contributed by atoms with van der Waals surface area (Å²) in [6.07, 6.45) is 27.8. The van der Waals surface area contributed by atoms with Gasteiger partial charge in [-0.3, -0.25) is 23.2 Å². The molecular formula is C39H70O14P2. The topological polar surface area (TPSA) is 208 Å². The molecule has 1 aliphatic rings. The molecule has 0 spiro atoms. The Bertz CT molecular complexity index is 1200. The number of epoxide rings is 1. The van der Waals surface area contributed by atoms with Crippen LogP contribution in [0.4, 0.5) is 0 Å². The van der Waals surface area contributed by atoms with Gasteiger partial charge in [0.2, 0.25) is 0 Å². The predicted molar refractivity (Wildman–Crippen MR) is 211 cm³/mol. The molecule has 3 unspecified atom stereocenters. The summed E-state index contributed by atoms with van der Waals surface area (Å²) in [5, 5.41) is 9.72. The van der Waals surface area contributed by atoms with Crippen LogP contribution < -0.4 is 0 Å². The Morgan fingerprint density at radius 1 is 0.673 bits per heavy atom. The molecule has 16 heteroatoms. The van der Waals surface area contributed by atoms with Crippen LogP contribution in [-0.4, -0.2) is 82.6 Å². The maximum atomic E-state index is 12.6. The van der Waals surface area contributed by atoms with Gasteiger partial charge >= 0.3 is 27.6 Å². The van der Waals surface area contributed by atoms with Gasteiger partial charge in [-0.15, -0.1) is 0 Å². The minimum Gasteiger partial charge on any atom is -0.462 e. The summed E-state index contributed by atoms with van der Waals surface area (Å²) in [6, 6.07) is 0. The molecule has 0 aromatic rings. The van der Waals surface area contributed by atoms with Crippen molar-refractivity contribution >= 4 is 27.6 Å². The number of aliphatic hydroxyl groups excluding tert-OH is 1. The van der Waals surface area contributed by atoms with Crippen LogP contribution in [0.1, 0.15) is 143 Å². The normalized spacial score (nSPS) is 18.3. The molecule has 4 N–H and O–H groups in total. The highest BCUT2D eigenvalue weighted by Crippen LogP contribution is 2.44. The average molecular weight is 825 g/mol. The highest BCUT2D eigenvalue weighted by atomic mass is 31.2. The average Bonchev–Trinajstić information content (AvgIpc) is 3.88. The van der Waals surface area contributed by atoms with E-state index in [0.29, 0.717) is 25.2 Å². The van der Waals surface area contributed by atoms with E-state index in [1.807, 2.05) is 6.08 Å². The van der Waals surface area contributed by atoms with E-state index in [-0.39, 0.29) is 25.0 Å². The molecule has 0 aromatic carbocycles. The van der Waals surface area contributed by atoms with Gasteiger partial charge < -0.3 is 34.0 Å². The van der Waals surface area contributed by atoms with Crippen molar-refractivity contribution in [1.29, 1.82) is 0 Å². The van der Waals surface area contributed by atoms with Crippen LogP contribution in [0, 0.1) is 5.92 Å². The summed E-state index contributed by atoms with van der Waals surface area (Å²) in [7, 11) is -9.68. The number of carbonyl (C=O) groups excluding carboxylic acids is 2. The molecule has 1 rings (SSSR count). The maximum absolute atomic E-state index is 12.6. The second-order valence-electron chi connectivity index (χ2n) is 14.4. The molecule has 1 heterocycles. The summed E-state index contributed by atoms with van der Waals surface area (Å²) < 4.78 is 53.3. The Morgan fingerprint density at radius 3 is 1.91 bits per heavy atom. The van der Waals surface area contributed by atoms with Crippen molar-refractivity contribution in [2.45, 2.75) is 167 Å². The molecule has 5 atom stereocenters. The van der Waals surface area contributed by atoms with Crippen LogP contribution in [0.3, 0.4) is 0 Å². The molecule has 0 bridgehead atoms. The maximum Gasteiger partial charge on any atom is 0.472 e. The fraction of sp³-hybridized carbons (Fsp3) is 0.795. The van der Waals surface area contributed by atoms with E-state index in [9.17, 15) is 28.7 Å². The lowest BCUT2D eigenvalue weighted by Crippen LogP contribution is -2.30. The van der Waals surface area contributed by atoms with Crippen molar-refractivity contribution in [1.82, 2.24) is 0 Å². The number of rotatable bonds is 36. The standard InChI is InChI=1S/C39H70O14P2/c1-4-5-6-7-8-9-12-15-20-25-36-37(53-36)26-21-17-18-22-27-38(41)48-31-35(32-51-55(46,47)50-30-34(40)29-49-54(43,44)45)52-39(42)28-23-16-13-10-11-14-19-24-33(2)3/h8-9,15,17,20-21,33-37,40H,4-7,10-14,16,18-19,22-32H2,1-3H3,(H,46,47)(H2,43,44,45)/b9-8-,20-15-,21-17-/t34-,35+,36?,37?/m0/s1. The zero-order valence-electron chi connectivity index (χ0n) is 33.4. The number of allylic oxidation sites excluding steroid dienone is 4. The van der Waals surface area contributed by atoms with Crippen molar-refractivity contribution in [3.8, 4) is 0 Å². The van der Waals surface area contributed by atoms with Crippen LogP contribution in [0.2, 0.25) is 0 Å². The van der Waals surface area contributed by atoms with E-state index in [0.717, 1.165) is 51.4 Å². The third-order valence-corrected chi connectivity index (χ3v) is 10.0. The lowest BCUT2D eigenvalue weighted by molar-refractivity contribution is -0.161. The van der Waals surface area contributed by atoms with Crippen molar-refractivity contribution in [2.24, 2.45) is 5.92 Å². The lowest BCUT2D eigenvalue weighted by atomic mass is 10.0. The van der Waals surface area contributed by atoms with Gasteiger partial charge in [-0.2, -0.15) is 0 Å². The highest BCUT2D eigenvalue weighted by Gasteiger charge is 2.36. The van der Waals surface area contributed by atoms with Crippen LogP contribution in [0.5, 0.6) is 0 Å². The first-order valence-electron chi connectivity index (χ1n) is 20.2. The van der Waals surface area contributed by atoms with E-state index >= 15 is 0 Å². The summed E-state index contributed by atoms with van der Waals surface area (Å²) in [6.45, 7) is 3.86. The van der Waals surface area contributed by atoms with Crippen LogP contribution >= 0.6 is 15.6 Å². The van der Waals surface area contributed by atoms with Gasteiger partial charge in [0, 0.05) is 12.8 Å². The van der Waals surface area contributed by atoms with Gasteiger partial charge in [-0.1, -0.05) is 115 Å². The minimum atomic E-state index is -4.87. The molecule has 1 fully saturated rings. The predicted octanol–water partition coefficient (Wildman–Crippen LogP) is 8.57. The fourth-order valence-corrected chi connectivity index (χ4v) is 6.54. The molecule has 0 saturated carbocycles. The SMILES string of the molecule is CCCCC/C=C\C/C=C\CC1OC1C/C=C\CCCC(=O)OC[C@H](COP(=O)(O)OC[C@@H](O)COP(=O)(O)O)OC(=O)CCCCCCCCCC(C)C. The number of hydrogen-bond donors (Lipinski definition) is 4. The molecule has 55 heavy (non-hydrogen) atoms. The fourth-order valence-electron chi connectivity index (χ4n) is 5.39. The smallest absolute Gasteiger partial charge is 0.462 e. The lowest BCUT2D eigenvalue weighted by Gasteiger charge is -2.20. The second-order valence-corrected chi connectivity index (χ2v) is 17.1. The monoisotopic (exact) mass is 824 g/mol. The minimum absolute atomic E-state index is 0.111. The third-order valence-electron chi connectivity index (χ3n) is 8.60. The Hall–Kier alpha value is -1.70. The summed E-state index contributed by atoms with van der Waals surface area (Å²) >= 11 is 0. The molecule has 14 nitrogen and oxygen atoms in total. The molecule has 0 aliphatic carbocycles. The Kier molecular flexibility index (Phi) is 29.2. The number of unbranched alkanes of at least 4 members (excludes halogenated alkanes) is 10. The van der Waals surface area contributed by atoms with Gasteiger partial charge in [0.05, 0.1) is 32.0 Å². The third kappa shape index (κ3) is 33.0. The quantitative estimate of drug-likeness (QED) is 0.0154. The first-order chi connectivity index (χ1) is 26.2. The molecule has 0 amide bonds. The first kappa shape index (κ1) is 51.3. The number of hydrogen-bond acceptors (Lipinski definition) is 11. The molecule has 320 valence electrons. The van der Waals surface area contributed by atoms with Crippen molar-refractivity contribution < 1.29 is 66.3 Å². The van der Waals surface area contributed by atoms with Crippen LogP contribution in [0.25, 0.3) is 0 Å². The number of phosphoric ester groups is 2. The van der Waals surface area contributed by atoms with E-state index in [1.54, 1.807) is 0 Å². The largest absolute Gasteiger partial charge is 0.472 e. The van der Waals surface area contributed by atoms with Gasteiger partial charge in [-0.05, 0) is 57.3 Å². The van der Waals surface area contributed by atoms with Crippen molar-refractivity contribution in [2.75, 3.05) is 26.4 Å². The number of carbonyl (C=O) groups is 2. The Morgan fingerprint density at radius 2 is 1.24 bits per heavy atom. The summed E-state index contributed by atoms with van der Waals surface area (Å²) in [4.78, 5) is 52.5. The molecular weight excluding hydrogens is 754 g/mol. The molecule has 0 aromatic heterocycles. The van der Waals surface area contributed by atoms with Gasteiger partial charge in [0.25, 0.3) is 0 Å². The zero-order valence-corrected chi connectivity index (χ0v) is 35.2. The number of aliphatic hydroxyl groups is 1. The van der Waals surface area contributed by atoms with E-state index in [4.69, 9.17) is 28.5 Å². The van der Waals surface area contributed by atoms with E-state index in [1.165, 1.54) is 38.5 Å². The van der Waals surface area contributed by atoms with Crippen LogP contribution in [0.15, 0.2) is 36.5 Å². The molecule has 0 radical (unpaired) electrons. The zero-order chi connectivity index (χ0) is 40.8. The van der Waals surface area contributed by atoms with Crippen molar-refractivity contribution in [3.63, 3.8) is 0 Å². The molecule has 1 aliphatic heterocycles. The Balaban J connectivity index is 2.42. The number of esters is 2. The number of ether oxygens (including phenoxy) is 3. The van der Waals surface area contributed by atoms with Crippen LogP contribution in [-0.2, 0) is 46.5 Å². The highest BCUT2D eigenvalue weighted by molar-refractivity contribution is 7.47. The van der Waals surface area contributed by atoms with E-state index in [2.05, 4.69) is 60.2 Å². The van der Waals surface area contributed by atoms with E-state index < -0.39 is 66.2 Å². The summed E-state index contributed by atoms with van der Waals surface area (Å²) in [5.74, 6) is -0.400. The number of phosphoric acid groups is 2.